The summed E-state index contributed by atoms with van der Waals surface area (Å²) in [5.74, 6) is 1.46. The molecule has 2 nitrogen and oxygen atoms in total. The minimum absolute atomic E-state index is 0.277. The number of ketones is 1. The molecule has 0 spiro atoms. The number of Topliss-reactive ketones (excluding diaryl/α,β-unsaturated/α-hetero) is 1. The van der Waals surface area contributed by atoms with E-state index in [1.165, 1.54) is 4.88 Å². The predicted octanol–water partition coefficient (Wildman–Crippen LogP) is 4.42. The minimum Gasteiger partial charge on any atom is -0.299 e. The van der Waals surface area contributed by atoms with Gasteiger partial charge in [0.05, 0.1) is 11.2 Å². The van der Waals surface area contributed by atoms with Gasteiger partial charge in [-0.05, 0) is 43.9 Å². The standard InChI is InChI=1S/C16H25NOS/c1-11-15(19-10-17-11)8-5-12-9-13(16(2,3)4)6-7-14(12)18/h10,12-13H,5-9H2,1-4H3. The van der Waals surface area contributed by atoms with Gasteiger partial charge < -0.3 is 0 Å². The topological polar surface area (TPSA) is 30.0 Å². The Morgan fingerprint density at radius 3 is 2.74 bits per heavy atom. The molecule has 0 aliphatic heterocycles. The molecule has 0 aromatic carbocycles. The molecule has 2 rings (SSSR count). The molecule has 1 aromatic heterocycles. The molecule has 1 aliphatic carbocycles. The zero-order valence-corrected chi connectivity index (χ0v) is 13.3. The Morgan fingerprint density at radius 1 is 1.42 bits per heavy atom. The molecule has 1 aliphatic rings. The number of aryl methyl sites for hydroxylation is 2. The minimum atomic E-state index is 0.277. The Kier molecular flexibility index (Phi) is 4.44. The lowest BCUT2D eigenvalue weighted by Gasteiger charge is -2.37. The van der Waals surface area contributed by atoms with E-state index in [2.05, 4.69) is 32.7 Å². The zero-order chi connectivity index (χ0) is 14.0. The normalized spacial score (nSPS) is 24.7. The highest BCUT2D eigenvalue weighted by Crippen LogP contribution is 2.40. The molecule has 2 atom stereocenters. The number of carbonyl (C=O) groups excluding carboxylic acids is 1. The molecule has 0 bridgehead atoms. The lowest BCUT2D eigenvalue weighted by Crippen LogP contribution is -2.32. The van der Waals surface area contributed by atoms with Gasteiger partial charge >= 0.3 is 0 Å². The van der Waals surface area contributed by atoms with E-state index in [0.717, 1.165) is 37.8 Å². The van der Waals surface area contributed by atoms with Gasteiger partial charge in [0, 0.05) is 17.2 Å². The van der Waals surface area contributed by atoms with Crippen molar-refractivity contribution in [1.82, 2.24) is 4.98 Å². The number of thiazole rings is 1. The first-order valence-electron chi connectivity index (χ1n) is 7.29. The van der Waals surface area contributed by atoms with Crippen LogP contribution in [-0.4, -0.2) is 10.8 Å². The van der Waals surface area contributed by atoms with Crippen LogP contribution in [0.3, 0.4) is 0 Å². The van der Waals surface area contributed by atoms with Crippen LogP contribution in [0, 0.1) is 24.2 Å². The van der Waals surface area contributed by atoms with Crippen molar-refractivity contribution < 1.29 is 4.79 Å². The van der Waals surface area contributed by atoms with Gasteiger partial charge in [-0.25, -0.2) is 4.98 Å². The molecular formula is C16H25NOS. The smallest absolute Gasteiger partial charge is 0.136 e. The van der Waals surface area contributed by atoms with Gasteiger partial charge in [0.1, 0.15) is 5.78 Å². The van der Waals surface area contributed by atoms with Crippen molar-refractivity contribution in [1.29, 1.82) is 0 Å². The largest absolute Gasteiger partial charge is 0.299 e. The van der Waals surface area contributed by atoms with E-state index in [1.54, 1.807) is 11.3 Å². The molecule has 3 heteroatoms. The Hall–Kier alpha value is -0.700. The maximum Gasteiger partial charge on any atom is 0.136 e. The number of hydrogen-bond acceptors (Lipinski definition) is 3. The SMILES string of the molecule is Cc1ncsc1CCC1CC(C(C)(C)C)CCC1=O. The summed E-state index contributed by atoms with van der Waals surface area (Å²) in [6, 6.07) is 0. The van der Waals surface area contributed by atoms with Crippen LogP contribution >= 0.6 is 11.3 Å². The summed E-state index contributed by atoms with van der Waals surface area (Å²) in [7, 11) is 0. The van der Waals surface area contributed by atoms with Crippen LogP contribution in [0.4, 0.5) is 0 Å². The second-order valence-corrected chi connectivity index (χ2v) is 7.84. The summed E-state index contributed by atoms with van der Waals surface area (Å²) in [5.41, 5.74) is 3.38. The fourth-order valence-electron chi connectivity index (χ4n) is 3.05. The Bertz CT molecular complexity index is 444. The van der Waals surface area contributed by atoms with Crippen molar-refractivity contribution >= 4 is 17.1 Å². The van der Waals surface area contributed by atoms with Crippen LogP contribution in [0.1, 0.15) is 57.0 Å². The fourth-order valence-corrected chi connectivity index (χ4v) is 3.85. The van der Waals surface area contributed by atoms with Crippen LogP contribution < -0.4 is 0 Å². The lowest BCUT2D eigenvalue weighted by atomic mass is 9.68. The van der Waals surface area contributed by atoms with E-state index >= 15 is 0 Å². The third-order valence-electron chi connectivity index (χ3n) is 4.55. The van der Waals surface area contributed by atoms with Crippen molar-refractivity contribution in [2.24, 2.45) is 17.3 Å². The van der Waals surface area contributed by atoms with Crippen LogP contribution in [0.15, 0.2) is 5.51 Å². The summed E-state index contributed by atoms with van der Waals surface area (Å²) in [6.45, 7) is 8.97. The van der Waals surface area contributed by atoms with Crippen molar-refractivity contribution in [3.63, 3.8) is 0 Å². The first kappa shape index (κ1) is 14.7. The molecule has 1 fully saturated rings. The van der Waals surface area contributed by atoms with Crippen LogP contribution in [0.25, 0.3) is 0 Å². The average Bonchev–Trinajstić information content (AvgIpc) is 2.72. The molecule has 1 aromatic rings. The number of aromatic nitrogens is 1. The quantitative estimate of drug-likeness (QED) is 0.820. The molecular weight excluding hydrogens is 254 g/mol. The van der Waals surface area contributed by atoms with E-state index in [0.29, 0.717) is 17.1 Å². The second-order valence-electron chi connectivity index (χ2n) is 6.90. The zero-order valence-electron chi connectivity index (χ0n) is 12.5. The Balaban J connectivity index is 1.95. The van der Waals surface area contributed by atoms with E-state index in [1.807, 2.05) is 5.51 Å². The number of carbonyl (C=O) groups is 1. The van der Waals surface area contributed by atoms with E-state index in [4.69, 9.17) is 0 Å². The summed E-state index contributed by atoms with van der Waals surface area (Å²) in [5, 5.41) is 0. The van der Waals surface area contributed by atoms with Gasteiger partial charge in [0.25, 0.3) is 0 Å². The molecule has 0 N–H and O–H groups in total. The van der Waals surface area contributed by atoms with Crippen molar-refractivity contribution in [3.05, 3.63) is 16.1 Å². The average molecular weight is 279 g/mol. The first-order valence-corrected chi connectivity index (χ1v) is 8.17. The molecule has 2 unspecified atom stereocenters. The highest BCUT2D eigenvalue weighted by Gasteiger charge is 2.34. The molecule has 0 amide bonds. The van der Waals surface area contributed by atoms with E-state index < -0.39 is 0 Å². The molecule has 0 saturated heterocycles. The van der Waals surface area contributed by atoms with Crippen molar-refractivity contribution in [3.8, 4) is 0 Å². The highest BCUT2D eigenvalue weighted by molar-refractivity contribution is 7.09. The third kappa shape index (κ3) is 3.65. The summed E-state index contributed by atoms with van der Waals surface area (Å²) >= 11 is 1.72. The van der Waals surface area contributed by atoms with Crippen LogP contribution in [0.5, 0.6) is 0 Å². The molecule has 1 heterocycles. The summed E-state index contributed by atoms with van der Waals surface area (Å²) in [6.07, 6.45) is 4.98. The predicted molar refractivity (Wildman–Crippen MR) is 80.5 cm³/mol. The maximum absolute atomic E-state index is 12.1. The van der Waals surface area contributed by atoms with Gasteiger partial charge in [0.2, 0.25) is 0 Å². The van der Waals surface area contributed by atoms with Gasteiger partial charge in [-0.15, -0.1) is 11.3 Å². The van der Waals surface area contributed by atoms with Gasteiger partial charge in [0.15, 0.2) is 0 Å². The molecule has 1 saturated carbocycles. The number of nitrogens with zero attached hydrogens (tertiary/aromatic N) is 1. The third-order valence-corrected chi connectivity index (χ3v) is 5.55. The molecule has 19 heavy (non-hydrogen) atoms. The molecule has 106 valence electrons. The number of rotatable bonds is 3. The van der Waals surface area contributed by atoms with E-state index in [-0.39, 0.29) is 5.92 Å². The Morgan fingerprint density at radius 2 is 2.16 bits per heavy atom. The first-order chi connectivity index (χ1) is 8.88. The monoisotopic (exact) mass is 279 g/mol. The van der Waals surface area contributed by atoms with Crippen LogP contribution in [0.2, 0.25) is 0 Å². The lowest BCUT2D eigenvalue weighted by molar-refractivity contribution is -0.126. The van der Waals surface area contributed by atoms with Crippen LogP contribution in [-0.2, 0) is 11.2 Å². The van der Waals surface area contributed by atoms with Crippen molar-refractivity contribution in [2.45, 2.75) is 59.8 Å². The maximum atomic E-state index is 12.1. The number of hydrogen-bond donors (Lipinski definition) is 0. The van der Waals surface area contributed by atoms with Crippen molar-refractivity contribution in [2.75, 3.05) is 0 Å². The fraction of sp³-hybridized carbons (Fsp3) is 0.750. The highest BCUT2D eigenvalue weighted by atomic mass is 32.1. The van der Waals surface area contributed by atoms with Gasteiger partial charge in [-0.2, -0.15) is 0 Å². The van der Waals surface area contributed by atoms with E-state index in [9.17, 15) is 4.79 Å². The summed E-state index contributed by atoms with van der Waals surface area (Å²) in [4.78, 5) is 17.7. The van der Waals surface area contributed by atoms with Gasteiger partial charge in [-0.1, -0.05) is 20.8 Å². The van der Waals surface area contributed by atoms with Gasteiger partial charge in [-0.3, -0.25) is 4.79 Å². The molecule has 0 radical (unpaired) electrons. The second kappa shape index (κ2) is 5.74. The summed E-state index contributed by atoms with van der Waals surface area (Å²) < 4.78 is 0. The Labute approximate surface area is 120 Å².